The SMILES string of the molecule is O=C(Nc1ccc(Cl)c(Cl)c1)N1CCN(Cc2cc3ccccn3n2)CC1. The molecule has 140 valence electrons. The molecule has 8 heteroatoms. The van der Waals surface area contributed by atoms with Gasteiger partial charge >= 0.3 is 6.03 Å². The highest BCUT2D eigenvalue weighted by Crippen LogP contribution is 2.25. The first-order chi connectivity index (χ1) is 13.1. The van der Waals surface area contributed by atoms with Crippen LogP contribution in [0.15, 0.2) is 48.7 Å². The van der Waals surface area contributed by atoms with Gasteiger partial charge < -0.3 is 10.2 Å². The number of amides is 2. The molecule has 2 aromatic heterocycles. The molecule has 3 aromatic rings. The third-order valence-corrected chi connectivity index (χ3v) is 5.38. The van der Waals surface area contributed by atoms with E-state index in [1.54, 1.807) is 18.2 Å². The lowest BCUT2D eigenvalue weighted by Gasteiger charge is -2.34. The normalized spacial score (nSPS) is 15.3. The van der Waals surface area contributed by atoms with E-state index in [0.29, 0.717) is 28.8 Å². The number of rotatable bonds is 3. The van der Waals surface area contributed by atoms with E-state index < -0.39 is 0 Å². The maximum Gasteiger partial charge on any atom is 0.321 e. The molecule has 27 heavy (non-hydrogen) atoms. The van der Waals surface area contributed by atoms with E-state index in [4.69, 9.17) is 23.2 Å². The maximum atomic E-state index is 12.5. The molecular formula is C19H19Cl2N5O. The molecule has 3 heterocycles. The Morgan fingerprint density at radius 1 is 1.04 bits per heavy atom. The molecule has 1 aliphatic heterocycles. The summed E-state index contributed by atoms with van der Waals surface area (Å²) in [7, 11) is 0. The number of hydrogen-bond donors (Lipinski definition) is 1. The van der Waals surface area contributed by atoms with Crippen LogP contribution >= 0.6 is 23.2 Å². The Balaban J connectivity index is 1.31. The summed E-state index contributed by atoms with van der Waals surface area (Å²) in [6, 6.07) is 13.1. The Hall–Kier alpha value is -2.28. The number of pyridine rings is 1. The molecule has 0 radical (unpaired) electrons. The minimum Gasteiger partial charge on any atom is -0.322 e. The third kappa shape index (κ3) is 4.18. The molecule has 1 N–H and O–H groups in total. The van der Waals surface area contributed by atoms with Crippen molar-refractivity contribution in [2.75, 3.05) is 31.5 Å². The lowest BCUT2D eigenvalue weighted by Crippen LogP contribution is -2.49. The number of piperazine rings is 1. The van der Waals surface area contributed by atoms with E-state index >= 15 is 0 Å². The fraction of sp³-hybridized carbons (Fsp3) is 0.263. The molecular weight excluding hydrogens is 385 g/mol. The summed E-state index contributed by atoms with van der Waals surface area (Å²) >= 11 is 11.9. The van der Waals surface area contributed by atoms with Gasteiger partial charge in [-0.05, 0) is 36.4 Å². The average molecular weight is 404 g/mol. The van der Waals surface area contributed by atoms with Crippen molar-refractivity contribution in [1.82, 2.24) is 19.4 Å². The van der Waals surface area contributed by atoms with Gasteiger partial charge in [-0.15, -0.1) is 0 Å². The van der Waals surface area contributed by atoms with Crippen molar-refractivity contribution in [3.63, 3.8) is 0 Å². The van der Waals surface area contributed by atoms with E-state index in [9.17, 15) is 4.79 Å². The van der Waals surface area contributed by atoms with E-state index in [1.165, 1.54) is 0 Å². The number of carbonyl (C=O) groups is 1. The predicted octanol–water partition coefficient (Wildman–Crippen LogP) is 3.99. The maximum absolute atomic E-state index is 12.5. The number of carbonyl (C=O) groups excluding carboxylic acids is 1. The highest BCUT2D eigenvalue weighted by atomic mass is 35.5. The number of benzene rings is 1. The molecule has 2 amide bonds. The monoisotopic (exact) mass is 403 g/mol. The van der Waals surface area contributed by atoms with Gasteiger partial charge in [0.2, 0.25) is 0 Å². The molecule has 1 fully saturated rings. The predicted molar refractivity (Wildman–Crippen MR) is 108 cm³/mol. The van der Waals surface area contributed by atoms with Gasteiger partial charge in [-0.25, -0.2) is 9.31 Å². The molecule has 0 aliphatic carbocycles. The van der Waals surface area contributed by atoms with Crippen molar-refractivity contribution in [2.45, 2.75) is 6.54 Å². The van der Waals surface area contributed by atoms with Crippen LogP contribution in [0.25, 0.3) is 5.52 Å². The van der Waals surface area contributed by atoms with Gasteiger partial charge in [0.05, 0.1) is 21.3 Å². The molecule has 0 unspecified atom stereocenters. The van der Waals surface area contributed by atoms with E-state index in [0.717, 1.165) is 30.8 Å². The minimum atomic E-state index is -0.124. The number of urea groups is 1. The van der Waals surface area contributed by atoms with Crippen LogP contribution < -0.4 is 5.32 Å². The standard InChI is InChI=1S/C19H19Cl2N5O/c20-17-5-4-14(12-18(17)21)22-19(27)25-9-7-24(8-10-25)13-15-11-16-3-1-2-6-26(16)23-15/h1-6,11-12H,7-10,13H2,(H,22,27). The number of aromatic nitrogens is 2. The third-order valence-electron chi connectivity index (χ3n) is 4.64. The van der Waals surface area contributed by atoms with Crippen molar-refractivity contribution in [2.24, 2.45) is 0 Å². The molecule has 1 aromatic carbocycles. The number of nitrogens with zero attached hydrogens (tertiary/aromatic N) is 4. The second-order valence-corrected chi connectivity index (χ2v) is 7.34. The second kappa shape index (κ2) is 7.76. The van der Waals surface area contributed by atoms with Crippen LogP contribution in [0, 0.1) is 0 Å². The van der Waals surface area contributed by atoms with Crippen LogP contribution in [0.3, 0.4) is 0 Å². The molecule has 0 atom stereocenters. The van der Waals surface area contributed by atoms with Crippen molar-refractivity contribution in [3.8, 4) is 0 Å². The molecule has 1 saturated heterocycles. The zero-order chi connectivity index (χ0) is 18.8. The average Bonchev–Trinajstić information content (AvgIpc) is 3.07. The molecule has 4 rings (SSSR count). The van der Waals surface area contributed by atoms with Gasteiger partial charge in [-0.1, -0.05) is 29.3 Å². The number of hydrogen-bond acceptors (Lipinski definition) is 3. The smallest absolute Gasteiger partial charge is 0.321 e. The Bertz CT molecular complexity index is 933. The Morgan fingerprint density at radius 3 is 2.59 bits per heavy atom. The Kier molecular flexibility index (Phi) is 5.20. The molecule has 1 aliphatic rings. The summed E-state index contributed by atoms with van der Waals surface area (Å²) < 4.78 is 1.89. The molecule has 6 nitrogen and oxygen atoms in total. The summed E-state index contributed by atoms with van der Waals surface area (Å²) in [6.45, 7) is 3.73. The Labute approximate surface area is 167 Å². The number of fused-ring (bicyclic) bond motifs is 1. The van der Waals surface area contributed by atoms with Gasteiger partial charge in [0.25, 0.3) is 0 Å². The second-order valence-electron chi connectivity index (χ2n) is 6.53. The Morgan fingerprint density at radius 2 is 1.85 bits per heavy atom. The zero-order valence-corrected chi connectivity index (χ0v) is 16.1. The van der Waals surface area contributed by atoms with Crippen LogP contribution in [0.2, 0.25) is 10.0 Å². The van der Waals surface area contributed by atoms with Gasteiger partial charge in [-0.2, -0.15) is 5.10 Å². The van der Waals surface area contributed by atoms with Gasteiger partial charge in [-0.3, -0.25) is 4.90 Å². The first-order valence-electron chi connectivity index (χ1n) is 8.75. The summed E-state index contributed by atoms with van der Waals surface area (Å²) in [5.74, 6) is 0. The van der Waals surface area contributed by atoms with Crippen molar-refractivity contribution < 1.29 is 4.79 Å². The molecule has 0 bridgehead atoms. The summed E-state index contributed by atoms with van der Waals surface area (Å²) in [6.07, 6.45) is 1.95. The topological polar surface area (TPSA) is 52.9 Å². The summed E-state index contributed by atoms with van der Waals surface area (Å²) in [4.78, 5) is 16.6. The zero-order valence-electron chi connectivity index (χ0n) is 14.6. The quantitative estimate of drug-likeness (QED) is 0.718. The van der Waals surface area contributed by atoms with Crippen molar-refractivity contribution >= 4 is 40.4 Å². The van der Waals surface area contributed by atoms with E-state index in [2.05, 4.69) is 21.4 Å². The van der Waals surface area contributed by atoms with Crippen LogP contribution in [0.4, 0.5) is 10.5 Å². The summed E-state index contributed by atoms with van der Waals surface area (Å²) in [5.41, 5.74) is 2.77. The van der Waals surface area contributed by atoms with E-state index in [-0.39, 0.29) is 6.03 Å². The van der Waals surface area contributed by atoms with E-state index in [1.807, 2.05) is 33.8 Å². The highest BCUT2D eigenvalue weighted by Gasteiger charge is 2.22. The van der Waals surface area contributed by atoms with Gasteiger partial charge in [0, 0.05) is 44.6 Å². The first kappa shape index (κ1) is 18.1. The molecule has 0 saturated carbocycles. The van der Waals surface area contributed by atoms with Crippen LogP contribution in [-0.2, 0) is 6.54 Å². The largest absolute Gasteiger partial charge is 0.322 e. The number of halogens is 2. The van der Waals surface area contributed by atoms with Gasteiger partial charge in [0.15, 0.2) is 0 Å². The van der Waals surface area contributed by atoms with Crippen molar-refractivity contribution in [3.05, 3.63) is 64.4 Å². The minimum absolute atomic E-state index is 0.124. The van der Waals surface area contributed by atoms with Crippen LogP contribution in [-0.4, -0.2) is 51.6 Å². The molecule has 0 spiro atoms. The fourth-order valence-corrected chi connectivity index (χ4v) is 3.48. The first-order valence-corrected chi connectivity index (χ1v) is 9.51. The highest BCUT2D eigenvalue weighted by molar-refractivity contribution is 6.42. The van der Waals surface area contributed by atoms with Crippen LogP contribution in [0.5, 0.6) is 0 Å². The van der Waals surface area contributed by atoms with Crippen molar-refractivity contribution in [1.29, 1.82) is 0 Å². The lowest BCUT2D eigenvalue weighted by molar-refractivity contribution is 0.142. The summed E-state index contributed by atoms with van der Waals surface area (Å²) in [5, 5.41) is 8.35. The fourth-order valence-electron chi connectivity index (χ4n) is 3.18. The van der Waals surface area contributed by atoms with Gasteiger partial charge in [0.1, 0.15) is 0 Å². The van der Waals surface area contributed by atoms with Crippen LogP contribution in [0.1, 0.15) is 5.69 Å². The lowest BCUT2D eigenvalue weighted by atomic mass is 10.3. The number of nitrogens with one attached hydrogen (secondary N) is 1. The number of anilines is 1.